The summed E-state index contributed by atoms with van der Waals surface area (Å²) >= 11 is 0. The first-order valence-corrected chi connectivity index (χ1v) is 11.5. The number of rotatable bonds is 8. The van der Waals surface area contributed by atoms with Gasteiger partial charge in [0, 0.05) is 44.5 Å². The molecule has 7 nitrogen and oxygen atoms in total. The molecule has 1 aliphatic rings. The minimum absolute atomic E-state index is 0.0327. The Bertz CT molecular complexity index is 970. The van der Waals surface area contributed by atoms with Crippen LogP contribution < -0.4 is 9.64 Å². The van der Waals surface area contributed by atoms with Gasteiger partial charge in [0.1, 0.15) is 11.6 Å². The molecule has 1 fully saturated rings. The molecule has 0 bridgehead atoms. The van der Waals surface area contributed by atoms with Gasteiger partial charge in [-0.05, 0) is 70.4 Å². The highest BCUT2D eigenvalue weighted by atomic mass is 16.6. The third-order valence-electron chi connectivity index (χ3n) is 5.90. The monoisotopic (exact) mass is 453 g/mol. The Labute approximate surface area is 196 Å². The number of esters is 1. The molecular formula is C26H35N3O4. The highest BCUT2D eigenvalue weighted by molar-refractivity contribution is 5.93. The number of carbonyl (C=O) groups excluding carboxylic acids is 2. The highest BCUT2D eigenvalue weighted by Gasteiger charge is 2.32. The zero-order valence-corrected chi connectivity index (χ0v) is 20.6. The normalized spacial score (nSPS) is 14.8. The van der Waals surface area contributed by atoms with Gasteiger partial charge < -0.3 is 14.4 Å². The quantitative estimate of drug-likeness (QED) is 0.443. The molecule has 0 N–H and O–H groups in total. The van der Waals surface area contributed by atoms with Gasteiger partial charge in [0.25, 0.3) is 0 Å². The zero-order chi connectivity index (χ0) is 24.2. The van der Waals surface area contributed by atoms with Gasteiger partial charge in [-0.3, -0.25) is 9.69 Å². The van der Waals surface area contributed by atoms with E-state index in [9.17, 15) is 9.59 Å². The Hall–Kier alpha value is -2.93. The van der Waals surface area contributed by atoms with Crippen molar-refractivity contribution in [3.63, 3.8) is 0 Å². The molecule has 0 amide bonds. The van der Waals surface area contributed by atoms with E-state index in [0.717, 1.165) is 55.4 Å². The van der Waals surface area contributed by atoms with E-state index >= 15 is 0 Å². The summed E-state index contributed by atoms with van der Waals surface area (Å²) in [5, 5.41) is 0. The average Bonchev–Trinajstić information content (AvgIpc) is 2.77. The first kappa shape index (κ1) is 24.7. The molecule has 3 rings (SSSR count). The molecule has 0 radical (unpaired) electrons. The predicted molar refractivity (Wildman–Crippen MR) is 129 cm³/mol. The third kappa shape index (κ3) is 6.11. The van der Waals surface area contributed by atoms with E-state index in [2.05, 4.69) is 26.9 Å². The fraction of sp³-hybridized carbons (Fsp3) is 0.500. The molecule has 1 aromatic carbocycles. The summed E-state index contributed by atoms with van der Waals surface area (Å²) in [6.45, 7) is 15.7. The summed E-state index contributed by atoms with van der Waals surface area (Å²) in [5.41, 5.74) is 2.84. The molecule has 1 saturated heterocycles. The Balaban J connectivity index is 1.61. The number of ketones is 1. The topological polar surface area (TPSA) is 72.0 Å². The molecule has 0 saturated carbocycles. The van der Waals surface area contributed by atoms with Crippen molar-refractivity contribution >= 4 is 17.6 Å². The lowest BCUT2D eigenvalue weighted by molar-refractivity contribution is -0.158. The van der Waals surface area contributed by atoms with Crippen LogP contribution in [0.5, 0.6) is 5.75 Å². The number of benzene rings is 1. The van der Waals surface area contributed by atoms with E-state index in [0.29, 0.717) is 12.2 Å². The number of pyridine rings is 1. The van der Waals surface area contributed by atoms with Gasteiger partial charge in [-0.25, -0.2) is 9.78 Å². The van der Waals surface area contributed by atoms with E-state index in [1.54, 1.807) is 33.9 Å². The molecule has 0 unspecified atom stereocenters. The lowest BCUT2D eigenvalue weighted by Crippen LogP contribution is -2.46. The van der Waals surface area contributed by atoms with Crippen LogP contribution in [0.2, 0.25) is 0 Å². The number of aryl methyl sites for hydroxylation is 2. The van der Waals surface area contributed by atoms with Gasteiger partial charge >= 0.3 is 5.97 Å². The van der Waals surface area contributed by atoms with Gasteiger partial charge in [0.2, 0.25) is 0 Å². The first-order chi connectivity index (χ1) is 15.6. The van der Waals surface area contributed by atoms with Crippen LogP contribution in [0.3, 0.4) is 0 Å². The maximum atomic E-state index is 12.2. The van der Waals surface area contributed by atoms with Crippen molar-refractivity contribution in [1.29, 1.82) is 0 Å². The van der Waals surface area contributed by atoms with Crippen LogP contribution in [-0.2, 0) is 16.1 Å². The van der Waals surface area contributed by atoms with Crippen molar-refractivity contribution in [1.82, 2.24) is 9.88 Å². The number of nitrogens with zero attached hydrogens (tertiary/aromatic N) is 3. The van der Waals surface area contributed by atoms with E-state index < -0.39 is 5.60 Å². The molecule has 1 aromatic heterocycles. The summed E-state index contributed by atoms with van der Waals surface area (Å²) in [7, 11) is 0. The van der Waals surface area contributed by atoms with Crippen LogP contribution in [0.25, 0.3) is 0 Å². The van der Waals surface area contributed by atoms with Crippen LogP contribution in [0.4, 0.5) is 5.82 Å². The van der Waals surface area contributed by atoms with Gasteiger partial charge in [-0.1, -0.05) is 12.1 Å². The Morgan fingerprint density at radius 3 is 2.21 bits per heavy atom. The minimum Gasteiger partial charge on any atom is -0.476 e. The second-order valence-corrected chi connectivity index (χ2v) is 9.12. The molecular weight excluding hydrogens is 418 g/mol. The number of Topliss-reactive ketones (excluding diaryl/α,β-unsaturated/α-hetero) is 1. The molecule has 7 heteroatoms. The summed E-state index contributed by atoms with van der Waals surface area (Å²) in [6.07, 6.45) is 1.66. The molecule has 178 valence electrons. The lowest BCUT2D eigenvalue weighted by Gasteiger charge is -2.35. The molecule has 2 heterocycles. The Kier molecular flexibility index (Phi) is 7.74. The summed E-state index contributed by atoms with van der Waals surface area (Å²) in [6, 6.07) is 8.04. The summed E-state index contributed by atoms with van der Waals surface area (Å²) in [5.74, 6) is 1.32. The number of ether oxygens (including phenoxy) is 2. The maximum absolute atomic E-state index is 12.2. The second kappa shape index (κ2) is 10.3. The molecule has 0 aliphatic carbocycles. The summed E-state index contributed by atoms with van der Waals surface area (Å²) in [4.78, 5) is 32.8. The van der Waals surface area contributed by atoms with Crippen LogP contribution in [-0.4, -0.2) is 60.0 Å². The van der Waals surface area contributed by atoms with Gasteiger partial charge in [-0.15, -0.1) is 0 Å². The van der Waals surface area contributed by atoms with Crippen molar-refractivity contribution in [3.8, 4) is 5.75 Å². The van der Waals surface area contributed by atoms with Crippen LogP contribution in [0.1, 0.15) is 54.7 Å². The summed E-state index contributed by atoms with van der Waals surface area (Å²) < 4.78 is 11.2. The average molecular weight is 454 g/mol. The number of aromatic nitrogens is 1. The van der Waals surface area contributed by atoms with E-state index in [4.69, 9.17) is 9.47 Å². The predicted octanol–water partition coefficient (Wildman–Crippen LogP) is 3.94. The van der Waals surface area contributed by atoms with E-state index in [-0.39, 0.29) is 11.8 Å². The SMILES string of the molecule is CCOC(=O)C(C)(C)Oc1c(C)cc(CN2CCN(c3ccc(C(C)=O)cn3)CC2)cc1C. The number of piperazine rings is 1. The second-order valence-electron chi connectivity index (χ2n) is 9.12. The molecule has 33 heavy (non-hydrogen) atoms. The molecule has 0 atom stereocenters. The van der Waals surface area contributed by atoms with Crippen molar-refractivity contribution in [2.24, 2.45) is 0 Å². The van der Waals surface area contributed by atoms with Crippen molar-refractivity contribution in [2.75, 3.05) is 37.7 Å². The van der Waals surface area contributed by atoms with Crippen molar-refractivity contribution < 1.29 is 19.1 Å². The fourth-order valence-electron chi connectivity index (χ4n) is 4.07. The molecule has 2 aromatic rings. The minimum atomic E-state index is -1.04. The largest absolute Gasteiger partial charge is 0.476 e. The smallest absolute Gasteiger partial charge is 0.349 e. The first-order valence-electron chi connectivity index (χ1n) is 11.5. The number of anilines is 1. The van der Waals surface area contributed by atoms with E-state index in [1.807, 2.05) is 26.0 Å². The van der Waals surface area contributed by atoms with Crippen LogP contribution in [0, 0.1) is 13.8 Å². The van der Waals surface area contributed by atoms with E-state index in [1.165, 1.54) is 5.56 Å². The van der Waals surface area contributed by atoms with Gasteiger partial charge in [0.15, 0.2) is 11.4 Å². The zero-order valence-electron chi connectivity index (χ0n) is 20.6. The Morgan fingerprint density at radius 2 is 1.70 bits per heavy atom. The van der Waals surface area contributed by atoms with Crippen LogP contribution >= 0.6 is 0 Å². The number of hydrogen-bond donors (Lipinski definition) is 0. The van der Waals surface area contributed by atoms with Crippen molar-refractivity contribution in [2.45, 2.75) is 53.7 Å². The lowest BCUT2D eigenvalue weighted by atomic mass is 10.0. The van der Waals surface area contributed by atoms with Crippen LogP contribution in [0.15, 0.2) is 30.5 Å². The molecule has 0 spiro atoms. The Morgan fingerprint density at radius 1 is 1.06 bits per heavy atom. The van der Waals surface area contributed by atoms with Crippen molar-refractivity contribution in [3.05, 3.63) is 52.7 Å². The standard InChI is InChI=1S/C26H35N3O4/c1-7-32-25(31)26(5,6)33-24-18(2)14-21(15-19(24)3)17-28-10-12-29(13-11-28)23-9-8-22(16-27-23)20(4)30/h8-9,14-16H,7,10-13,17H2,1-6H3. The number of carbonyl (C=O) groups is 2. The molecule has 1 aliphatic heterocycles. The van der Waals surface area contributed by atoms with Gasteiger partial charge in [0.05, 0.1) is 6.61 Å². The number of hydrogen-bond acceptors (Lipinski definition) is 7. The third-order valence-corrected chi connectivity index (χ3v) is 5.90. The highest BCUT2D eigenvalue weighted by Crippen LogP contribution is 2.30. The van der Waals surface area contributed by atoms with Gasteiger partial charge in [-0.2, -0.15) is 0 Å². The fourth-order valence-corrected chi connectivity index (χ4v) is 4.07. The maximum Gasteiger partial charge on any atom is 0.349 e.